The zero-order valence-corrected chi connectivity index (χ0v) is 14.6. The highest BCUT2D eigenvalue weighted by atomic mass is 16.5. The van der Waals surface area contributed by atoms with E-state index in [0.29, 0.717) is 0 Å². The number of benzene rings is 2. The predicted octanol–water partition coefficient (Wildman–Crippen LogP) is 4.13. The predicted molar refractivity (Wildman–Crippen MR) is 96.3 cm³/mol. The van der Waals surface area contributed by atoms with Crippen molar-refractivity contribution < 1.29 is 9.53 Å². The number of aryl methyl sites for hydroxylation is 3. The monoisotopic (exact) mass is 323 g/mol. The van der Waals surface area contributed by atoms with Gasteiger partial charge in [0.1, 0.15) is 5.75 Å². The minimum absolute atomic E-state index is 0.0219. The minimum Gasteiger partial charge on any atom is -0.481 e. The van der Waals surface area contributed by atoms with Crippen LogP contribution in [0.2, 0.25) is 0 Å². The minimum atomic E-state index is -0.525. The van der Waals surface area contributed by atoms with Gasteiger partial charge in [0.05, 0.1) is 6.04 Å². The first-order valence-corrected chi connectivity index (χ1v) is 8.69. The molecule has 2 atom stereocenters. The van der Waals surface area contributed by atoms with E-state index in [9.17, 15) is 4.79 Å². The highest BCUT2D eigenvalue weighted by Crippen LogP contribution is 2.25. The molecule has 0 bridgehead atoms. The van der Waals surface area contributed by atoms with Crippen molar-refractivity contribution in [2.45, 2.75) is 52.2 Å². The molecule has 2 aromatic rings. The second-order valence-corrected chi connectivity index (χ2v) is 6.64. The van der Waals surface area contributed by atoms with Gasteiger partial charge in [-0.2, -0.15) is 0 Å². The third-order valence-corrected chi connectivity index (χ3v) is 4.75. The third-order valence-electron chi connectivity index (χ3n) is 4.75. The molecule has 0 heterocycles. The first-order valence-electron chi connectivity index (χ1n) is 8.69. The van der Waals surface area contributed by atoms with E-state index in [1.165, 1.54) is 24.0 Å². The van der Waals surface area contributed by atoms with E-state index in [0.717, 1.165) is 23.3 Å². The quantitative estimate of drug-likeness (QED) is 0.898. The van der Waals surface area contributed by atoms with Crippen LogP contribution in [-0.4, -0.2) is 12.0 Å². The lowest BCUT2D eigenvalue weighted by Gasteiger charge is -2.20. The molecule has 0 spiro atoms. The Morgan fingerprint density at radius 1 is 1.08 bits per heavy atom. The number of hydrogen-bond acceptors (Lipinski definition) is 2. The molecule has 1 aliphatic rings. The summed E-state index contributed by atoms with van der Waals surface area (Å²) < 4.78 is 5.81. The van der Waals surface area contributed by atoms with Gasteiger partial charge in [-0.25, -0.2) is 0 Å². The van der Waals surface area contributed by atoms with E-state index in [-0.39, 0.29) is 11.9 Å². The molecule has 0 saturated carbocycles. The normalized spacial score (nSPS) is 15.5. The van der Waals surface area contributed by atoms with E-state index >= 15 is 0 Å². The number of fused-ring (bicyclic) bond motifs is 1. The van der Waals surface area contributed by atoms with Crippen LogP contribution in [-0.2, 0) is 17.6 Å². The number of carbonyl (C=O) groups excluding carboxylic acids is 1. The smallest absolute Gasteiger partial charge is 0.261 e. The van der Waals surface area contributed by atoms with Crippen LogP contribution in [0.15, 0.2) is 42.5 Å². The van der Waals surface area contributed by atoms with Crippen LogP contribution in [0.4, 0.5) is 0 Å². The van der Waals surface area contributed by atoms with Gasteiger partial charge in [-0.3, -0.25) is 4.79 Å². The van der Waals surface area contributed by atoms with Crippen molar-refractivity contribution in [2.75, 3.05) is 0 Å². The van der Waals surface area contributed by atoms with Crippen LogP contribution in [0.5, 0.6) is 5.75 Å². The fourth-order valence-corrected chi connectivity index (χ4v) is 3.21. The summed E-state index contributed by atoms with van der Waals surface area (Å²) in [6, 6.07) is 14.3. The Labute approximate surface area is 144 Å². The molecule has 0 radical (unpaired) electrons. The summed E-state index contributed by atoms with van der Waals surface area (Å²) in [6.45, 7) is 5.79. The van der Waals surface area contributed by atoms with Crippen LogP contribution in [0.3, 0.4) is 0 Å². The van der Waals surface area contributed by atoms with Crippen molar-refractivity contribution in [2.24, 2.45) is 0 Å². The van der Waals surface area contributed by atoms with Crippen LogP contribution in [0, 0.1) is 6.92 Å². The van der Waals surface area contributed by atoms with Gasteiger partial charge < -0.3 is 10.1 Å². The summed E-state index contributed by atoms with van der Waals surface area (Å²) in [7, 11) is 0. The van der Waals surface area contributed by atoms with Gasteiger partial charge in [-0.05, 0) is 68.4 Å². The van der Waals surface area contributed by atoms with Crippen molar-refractivity contribution >= 4 is 5.91 Å². The maximum absolute atomic E-state index is 12.4. The fourth-order valence-electron chi connectivity index (χ4n) is 3.21. The summed E-state index contributed by atoms with van der Waals surface area (Å²) >= 11 is 0. The van der Waals surface area contributed by atoms with Gasteiger partial charge in [0, 0.05) is 0 Å². The van der Waals surface area contributed by atoms with Crippen molar-refractivity contribution in [1.82, 2.24) is 5.32 Å². The molecule has 1 N–H and O–H groups in total. The molecular weight excluding hydrogens is 298 g/mol. The zero-order valence-electron chi connectivity index (χ0n) is 14.6. The van der Waals surface area contributed by atoms with Crippen LogP contribution in [0.25, 0.3) is 0 Å². The summed E-state index contributed by atoms with van der Waals surface area (Å²) in [4.78, 5) is 12.4. The van der Waals surface area contributed by atoms with Gasteiger partial charge in [0.2, 0.25) is 0 Å². The average molecular weight is 323 g/mol. The average Bonchev–Trinajstić information content (AvgIpc) is 3.04. The lowest BCUT2D eigenvalue weighted by Crippen LogP contribution is -2.37. The second kappa shape index (κ2) is 7.08. The third kappa shape index (κ3) is 3.61. The highest BCUT2D eigenvalue weighted by Gasteiger charge is 2.19. The first-order chi connectivity index (χ1) is 11.5. The highest BCUT2D eigenvalue weighted by molar-refractivity contribution is 5.81. The van der Waals surface area contributed by atoms with Gasteiger partial charge >= 0.3 is 0 Å². The Kier molecular flexibility index (Phi) is 4.89. The van der Waals surface area contributed by atoms with E-state index in [1.54, 1.807) is 6.92 Å². The summed E-state index contributed by atoms with van der Waals surface area (Å²) in [6.07, 6.45) is 3.04. The molecular formula is C21H25NO2. The number of rotatable bonds is 5. The van der Waals surface area contributed by atoms with Crippen molar-refractivity contribution in [3.8, 4) is 5.75 Å². The number of para-hydroxylation sites is 1. The molecule has 126 valence electrons. The van der Waals surface area contributed by atoms with E-state index < -0.39 is 6.10 Å². The molecule has 3 rings (SSSR count). The van der Waals surface area contributed by atoms with Crippen LogP contribution < -0.4 is 10.1 Å². The molecule has 3 nitrogen and oxygen atoms in total. The number of nitrogens with one attached hydrogen (secondary N) is 1. The van der Waals surface area contributed by atoms with E-state index in [2.05, 4.69) is 23.5 Å². The number of hydrogen-bond donors (Lipinski definition) is 1. The van der Waals surface area contributed by atoms with Crippen molar-refractivity contribution in [1.29, 1.82) is 0 Å². The first kappa shape index (κ1) is 16.6. The Bertz CT molecular complexity index is 738. The lowest BCUT2D eigenvalue weighted by atomic mass is 10.0. The van der Waals surface area contributed by atoms with Crippen molar-refractivity contribution in [3.05, 3.63) is 64.7 Å². The van der Waals surface area contributed by atoms with Gasteiger partial charge in [-0.1, -0.05) is 36.4 Å². The molecule has 0 aliphatic heterocycles. The summed E-state index contributed by atoms with van der Waals surface area (Å²) in [5, 5.41) is 3.06. The fraction of sp³-hybridized carbons (Fsp3) is 0.381. The number of ether oxygens (including phenoxy) is 1. The maximum Gasteiger partial charge on any atom is 0.261 e. The zero-order chi connectivity index (χ0) is 17.1. The standard InChI is InChI=1S/C21H25NO2/c1-14-7-4-5-10-20(14)24-16(3)21(23)22-15(2)18-12-11-17-8-6-9-19(17)13-18/h4-5,7,10-13,15-16H,6,8-9H2,1-3H3,(H,22,23)/t15-,16+/m1/s1. The van der Waals surface area contributed by atoms with Crippen molar-refractivity contribution in [3.63, 3.8) is 0 Å². The lowest BCUT2D eigenvalue weighted by molar-refractivity contribution is -0.127. The molecule has 2 aromatic carbocycles. The van der Waals surface area contributed by atoms with E-state index in [4.69, 9.17) is 4.74 Å². The van der Waals surface area contributed by atoms with Gasteiger partial charge in [0.25, 0.3) is 5.91 Å². The molecule has 0 saturated heterocycles. The maximum atomic E-state index is 12.4. The molecule has 0 unspecified atom stereocenters. The molecule has 24 heavy (non-hydrogen) atoms. The molecule has 0 fully saturated rings. The second-order valence-electron chi connectivity index (χ2n) is 6.64. The Morgan fingerprint density at radius 3 is 2.62 bits per heavy atom. The Hall–Kier alpha value is -2.29. The molecule has 1 aliphatic carbocycles. The topological polar surface area (TPSA) is 38.3 Å². The van der Waals surface area contributed by atoms with E-state index in [1.807, 2.05) is 38.1 Å². The Balaban J connectivity index is 1.62. The largest absolute Gasteiger partial charge is 0.481 e. The van der Waals surface area contributed by atoms with Gasteiger partial charge in [0.15, 0.2) is 6.10 Å². The summed E-state index contributed by atoms with van der Waals surface area (Å²) in [5.41, 5.74) is 5.07. The van der Waals surface area contributed by atoms with Crippen LogP contribution in [0.1, 0.15) is 48.6 Å². The number of amides is 1. The van der Waals surface area contributed by atoms with Gasteiger partial charge in [-0.15, -0.1) is 0 Å². The molecule has 0 aromatic heterocycles. The Morgan fingerprint density at radius 2 is 1.83 bits per heavy atom. The molecule has 3 heteroatoms. The molecule has 1 amide bonds. The SMILES string of the molecule is Cc1ccccc1O[C@@H](C)C(=O)N[C@H](C)c1ccc2c(c1)CCC2. The van der Waals surface area contributed by atoms with Crippen LogP contribution >= 0.6 is 0 Å². The summed E-state index contributed by atoms with van der Waals surface area (Å²) in [5.74, 6) is 0.664. The number of carbonyl (C=O) groups is 1.